The number of allylic oxidation sites excluding steroid dienone is 1. The summed E-state index contributed by atoms with van der Waals surface area (Å²) in [5, 5.41) is 9.96. The number of ether oxygens (including phenoxy) is 2. The number of nitriles is 1. The summed E-state index contributed by atoms with van der Waals surface area (Å²) in [6, 6.07) is 17.8. The topological polar surface area (TPSA) is 106 Å². The van der Waals surface area contributed by atoms with Gasteiger partial charge < -0.3 is 15.2 Å². The standard InChI is InChI=1S/C22H19N3O4S/c1-28-21(26)18-17(13-8-4-3-5-9-13)14(12-23)20(24)25(19(18)22(27)29-2)15-10-6-7-11-16(15)30/h3-11,17,30H,24H2,1-2H3. The van der Waals surface area contributed by atoms with E-state index in [0.29, 0.717) is 16.1 Å². The molecule has 30 heavy (non-hydrogen) atoms. The highest BCUT2D eigenvalue weighted by Gasteiger charge is 2.43. The van der Waals surface area contributed by atoms with Crippen molar-refractivity contribution in [1.82, 2.24) is 0 Å². The second-order valence-electron chi connectivity index (χ2n) is 6.32. The number of thiol groups is 1. The molecule has 0 aromatic heterocycles. The van der Waals surface area contributed by atoms with Gasteiger partial charge in [-0.25, -0.2) is 9.59 Å². The number of nitrogens with zero attached hydrogens (tertiary/aromatic N) is 2. The van der Waals surface area contributed by atoms with Crippen molar-refractivity contribution < 1.29 is 19.1 Å². The summed E-state index contributed by atoms with van der Waals surface area (Å²) < 4.78 is 9.96. The first-order chi connectivity index (χ1) is 14.5. The van der Waals surface area contributed by atoms with Crippen LogP contribution in [0.3, 0.4) is 0 Å². The van der Waals surface area contributed by atoms with Crippen molar-refractivity contribution >= 4 is 30.3 Å². The molecular weight excluding hydrogens is 402 g/mol. The third-order valence-electron chi connectivity index (χ3n) is 4.73. The van der Waals surface area contributed by atoms with Gasteiger partial charge in [-0.2, -0.15) is 5.26 Å². The molecule has 3 rings (SSSR count). The fraction of sp³-hybridized carbons (Fsp3) is 0.136. The Morgan fingerprint density at radius 3 is 2.20 bits per heavy atom. The molecule has 7 nitrogen and oxygen atoms in total. The summed E-state index contributed by atoms with van der Waals surface area (Å²) >= 11 is 4.45. The molecule has 0 amide bonds. The fourth-order valence-electron chi connectivity index (χ4n) is 3.42. The van der Waals surface area contributed by atoms with Gasteiger partial charge in [-0.3, -0.25) is 4.90 Å². The normalized spacial score (nSPS) is 16.2. The lowest BCUT2D eigenvalue weighted by Gasteiger charge is -2.36. The molecule has 1 aliphatic rings. The second kappa shape index (κ2) is 8.76. The molecule has 0 radical (unpaired) electrons. The quantitative estimate of drug-likeness (QED) is 0.578. The summed E-state index contributed by atoms with van der Waals surface area (Å²) in [7, 11) is 2.41. The minimum atomic E-state index is -0.902. The molecule has 152 valence electrons. The highest BCUT2D eigenvalue weighted by Crippen LogP contribution is 2.44. The lowest BCUT2D eigenvalue weighted by molar-refractivity contribution is -0.139. The number of hydrogen-bond acceptors (Lipinski definition) is 8. The summed E-state index contributed by atoms with van der Waals surface area (Å²) in [6.07, 6.45) is 0. The number of esters is 2. The van der Waals surface area contributed by atoms with Crippen LogP contribution in [0.4, 0.5) is 5.69 Å². The molecule has 2 aromatic rings. The number of hydrogen-bond donors (Lipinski definition) is 2. The maximum Gasteiger partial charge on any atom is 0.355 e. The van der Waals surface area contributed by atoms with Crippen molar-refractivity contribution in [2.75, 3.05) is 19.1 Å². The van der Waals surface area contributed by atoms with E-state index in [2.05, 4.69) is 18.7 Å². The van der Waals surface area contributed by atoms with Crippen LogP contribution in [0.15, 0.2) is 82.2 Å². The van der Waals surface area contributed by atoms with Crippen LogP contribution in [-0.4, -0.2) is 26.2 Å². The van der Waals surface area contributed by atoms with E-state index >= 15 is 0 Å². The van der Waals surface area contributed by atoms with Crippen molar-refractivity contribution in [3.05, 3.63) is 82.8 Å². The third kappa shape index (κ3) is 3.51. The minimum Gasteiger partial charge on any atom is -0.466 e. The Morgan fingerprint density at radius 1 is 1.03 bits per heavy atom. The summed E-state index contributed by atoms with van der Waals surface area (Å²) in [5.41, 5.74) is 7.36. The molecule has 1 atom stereocenters. The molecule has 0 bridgehead atoms. The van der Waals surface area contributed by atoms with E-state index in [9.17, 15) is 14.9 Å². The first-order valence-corrected chi connectivity index (χ1v) is 9.34. The molecule has 1 unspecified atom stereocenters. The van der Waals surface area contributed by atoms with Gasteiger partial charge in [0, 0.05) is 4.90 Å². The van der Waals surface area contributed by atoms with Crippen LogP contribution < -0.4 is 10.6 Å². The number of para-hydroxylation sites is 1. The highest BCUT2D eigenvalue weighted by molar-refractivity contribution is 7.80. The van der Waals surface area contributed by atoms with Gasteiger partial charge in [0.15, 0.2) is 0 Å². The molecule has 1 aliphatic heterocycles. The minimum absolute atomic E-state index is 0.000839. The van der Waals surface area contributed by atoms with Crippen molar-refractivity contribution in [3.8, 4) is 6.07 Å². The van der Waals surface area contributed by atoms with Gasteiger partial charge in [0.05, 0.1) is 43.0 Å². The number of nitrogens with two attached hydrogens (primary N) is 1. The number of carbonyl (C=O) groups is 2. The van der Waals surface area contributed by atoms with E-state index in [-0.39, 0.29) is 22.7 Å². The van der Waals surface area contributed by atoms with Crippen LogP contribution in [0, 0.1) is 11.3 Å². The van der Waals surface area contributed by atoms with Crippen LogP contribution in [0.5, 0.6) is 0 Å². The van der Waals surface area contributed by atoms with Crippen molar-refractivity contribution in [2.45, 2.75) is 10.8 Å². The molecule has 0 saturated carbocycles. The van der Waals surface area contributed by atoms with Crippen molar-refractivity contribution in [1.29, 1.82) is 5.26 Å². The van der Waals surface area contributed by atoms with E-state index < -0.39 is 17.9 Å². The molecular formula is C22H19N3O4S. The number of carbonyl (C=O) groups excluding carboxylic acids is 2. The number of anilines is 1. The highest BCUT2D eigenvalue weighted by atomic mass is 32.1. The van der Waals surface area contributed by atoms with E-state index in [4.69, 9.17) is 15.2 Å². The molecule has 0 fully saturated rings. The smallest absolute Gasteiger partial charge is 0.355 e. The maximum atomic E-state index is 12.9. The number of rotatable bonds is 4. The van der Waals surface area contributed by atoms with Crippen LogP contribution in [-0.2, 0) is 19.1 Å². The Balaban J connectivity index is 2.43. The third-order valence-corrected chi connectivity index (χ3v) is 5.11. The predicted molar refractivity (Wildman–Crippen MR) is 113 cm³/mol. The van der Waals surface area contributed by atoms with Gasteiger partial charge in [-0.1, -0.05) is 42.5 Å². The average molecular weight is 421 g/mol. The number of benzene rings is 2. The monoisotopic (exact) mass is 421 g/mol. The van der Waals surface area contributed by atoms with E-state index in [0.717, 1.165) is 0 Å². The zero-order valence-electron chi connectivity index (χ0n) is 16.3. The van der Waals surface area contributed by atoms with Crippen LogP contribution in [0.2, 0.25) is 0 Å². The Kier molecular flexibility index (Phi) is 6.14. The van der Waals surface area contributed by atoms with Gasteiger partial charge in [-0.15, -0.1) is 12.6 Å². The van der Waals surface area contributed by atoms with Crippen LogP contribution in [0.25, 0.3) is 0 Å². The lowest BCUT2D eigenvalue weighted by atomic mass is 9.81. The zero-order valence-corrected chi connectivity index (χ0v) is 17.2. The van der Waals surface area contributed by atoms with Gasteiger partial charge in [-0.05, 0) is 17.7 Å². The fourth-order valence-corrected chi connectivity index (χ4v) is 3.68. The number of methoxy groups -OCH3 is 2. The Morgan fingerprint density at radius 2 is 1.63 bits per heavy atom. The molecule has 8 heteroatoms. The molecule has 0 aliphatic carbocycles. The van der Waals surface area contributed by atoms with Crippen LogP contribution >= 0.6 is 12.6 Å². The summed E-state index contributed by atoms with van der Waals surface area (Å²) in [5.74, 6) is -2.47. The van der Waals surface area contributed by atoms with E-state index in [1.165, 1.54) is 19.1 Å². The lowest BCUT2D eigenvalue weighted by Crippen LogP contribution is -2.40. The summed E-state index contributed by atoms with van der Waals surface area (Å²) in [4.78, 5) is 27.6. The van der Waals surface area contributed by atoms with Crippen molar-refractivity contribution in [2.24, 2.45) is 5.73 Å². The second-order valence-corrected chi connectivity index (χ2v) is 6.81. The van der Waals surface area contributed by atoms with Gasteiger partial charge >= 0.3 is 11.9 Å². The van der Waals surface area contributed by atoms with Gasteiger partial charge in [0.25, 0.3) is 0 Å². The first-order valence-electron chi connectivity index (χ1n) is 8.89. The SMILES string of the molecule is COC(=O)C1=C(C(=O)OC)N(c2ccccc2S)C(N)=C(C#N)C1c1ccccc1. The van der Waals surface area contributed by atoms with E-state index in [1.54, 1.807) is 54.6 Å². The summed E-state index contributed by atoms with van der Waals surface area (Å²) in [6.45, 7) is 0. The predicted octanol–water partition coefficient (Wildman–Crippen LogP) is 2.87. The molecule has 0 spiro atoms. The molecule has 1 heterocycles. The Bertz CT molecular complexity index is 1100. The van der Waals surface area contributed by atoms with Crippen molar-refractivity contribution in [3.63, 3.8) is 0 Å². The zero-order chi connectivity index (χ0) is 21.8. The van der Waals surface area contributed by atoms with Crippen LogP contribution in [0.1, 0.15) is 11.5 Å². The molecule has 2 aromatic carbocycles. The van der Waals surface area contributed by atoms with E-state index in [1.807, 2.05) is 0 Å². The first kappa shape index (κ1) is 21.0. The average Bonchev–Trinajstić information content (AvgIpc) is 2.78. The Hall–Kier alpha value is -3.70. The molecule has 0 saturated heterocycles. The van der Waals surface area contributed by atoms with Gasteiger partial charge in [0.2, 0.25) is 0 Å². The maximum absolute atomic E-state index is 12.9. The Labute approximate surface area is 179 Å². The molecule has 2 N–H and O–H groups in total. The van der Waals surface area contributed by atoms with Gasteiger partial charge in [0.1, 0.15) is 11.5 Å². The largest absolute Gasteiger partial charge is 0.466 e.